The van der Waals surface area contributed by atoms with Crippen molar-refractivity contribution >= 4 is 72.8 Å². The van der Waals surface area contributed by atoms with E-state index in [1.165, 1.54) is 12.3 Å². The van der Waals surface area contributed by atoms with Crippen LogP contribution in [0.25, 0.3) is 33.5 Å². The summed E-state index contributed by atoms with van der Waals surface area (Å²) < 4.78 is 6.49. The highest BCUT2D eigenvalue weighted by molar-refractivity contribution is 9.10. The standard InChI is InChI=1S/C22H11BrCl2N4O3/c23-10-1-6-17-14(7-10)18-19(32-17)22(31)29-20(28-18)13-4-3-12(8-15(13)25)27-21(30)16-5-2-11(24)9-26-16/h1-9H,(H,27,30)(H,28,29,31). The predicted octanol–water partition coefficient (Wildman–Crippen LogP) is 6.05. The number of anilines is 1. The number of carbonyl (C=O) groups excluding carboxylic acids is 1. The minimum Gasteiger partial charge on any atom is -0.449 e. The fraction of sp³-hybridized carbons (Fsp3) is 0. The Kier molecular flexibility index (Phi) is 5.21. The van der Waals surface area contributed by atoms with Gasteiger partial charge in [0.05, 0.1) is 10.0 Å². The number of hydrogen-bond acceptors (Lipinski definition) is 5. The quantitative estimate of drug-likeness (QED) is 0.296. The second kappa shape index (κ2) is 8.05. The molecule has 0 radical (unpaired) electrons. The van der Waals surface area contributed by atoms with Gasteiger partial charge in [-0.25, -0.2) is 9.97 Å². The van der Waals surface area contributed by atoms with Crippen molar-refractivity contribution < 1.29 is 9.21 Å². The summed E-state index contributed by atoms with van der Waals surface area (Å²) >= 11 is 15.7. The highest BCUT2D eigenvalue weighted by Gasteiger charge is 2.16. The highest BCUT2D eigenvalue weighted by Crippen LogP contribution is 2.32. The molecule has 5 aromatic rings. The molecule has 0 unspecified atom stereocenters. The number of benzene rings is 2. The third-order valence-corrected chi connectivity index (χ3v) is 5.76. The van der Waals surface area contributed by atoms with Gasteiger partial charge in [-0.05, 0) is 48.5 Å². The number of furan rings is 1. The number of carbonyl (C=O) groups is 1. The Hall–Kier alpha value is -3.20. The van der Waals surface area contributed by atoms with E-state index in [2.05, 4.69) is 36.2 Å². The summed E-state index contributed by atoms with van der Waals surface area (Å²) in [5, 5.41) is 4.16. The first-order valence-corrected chi connectivity index (χ1v) is 10.8. The van der Waals surface area contributed by atoms with Gasteiger partial charge < -0.3 is 14.7 Å². The Bertz CT molecular complexity index is 1580. The molecule has 0 aliphatic heterocycles. The van der Waals surface area contributed by atoms with Crippen LogP contribution in [0.4, 0.5) is 5.69 Å². The Morgan fingerprint density at radius 1 is 1.09 bits per heavy atom. The molecule has 32 heavy (non-hydrogen) atoms. The van der Waals surface area contributed by atoms with Gasteiger partial charge in [0.2, 0.25) is 5.58 Å². The van der Waals surface area contributed by atoms with Crippen molar-refractivity contribution in [2.24, 2.45) is 0 Å². The van der Waals surface area contributed by atoms with Crippen LogP contribution in [0.1, 0.15) is 10.5 Å². The van der Waals surface area contributed by atoms with Crippen LogP contribution in [0, 0.1) is 0 Å². The molecule has 158 valence electrons. The van der Waals surface area contributed by atoms with Crippen LogP contribution >= 0.6 is 39.1 Å². The highest BCUT2D eigenvalue weighted by atomic mass is 79.9. The van der Waals surface area contributed by atoms with Crippen LogP contribution in [0.2, 0.25) is 10.0 Å². The van der Waals surface area contributed by atoms with Crippen molar-refractivity contribution in [3.8, 4) is 11.4 Å². The first-order valence-electron chi connectivity index (χ1n) is 9.24. The van der Waals surface area contributed by atoms with Gasteiger partial charge in [-0.15, -0.1) is 0 Å². The maximum absolute atomic E-state index is 12.6. The fourth-order valence-electron chi connectivity index (χ4n) is 3.24. The van der Waals surface area contributed by atoms with E-state index in [9.17, 15) is 9.59 Å². The van der Waals surface area contributed by atoms with Crippen molar-refractivity contribution in [1.29, 1.82) is 0 Å². The molecule has 2 N–H and O–H groups in total. The maximum atomic E-state index is 12.6. The maximum Gasteiger partial charge on any atom is 0.294 e. The van der Waals surface area contributed by atoms with Gasteiger partial charge in [0.25, 0.3) is 11.5 Å². The number of aromatic nitrogens is 3. The molecule has 0 atom stereocenters. The summed E-state index contributed by atoms with van der Waals surface area (Å²) in [6, 6.07) is 13.4. The molecule has 3 aromatic heterocycles. The molecule has 2 aromatic carbocycles. The molecule has 0 spiro atoms. The van der Waals surface area contributed by atoms with Gasteiger partial charge >= 0.3 is 0 Å². The van der Waals surface area contributed by atoms with Crippen molar-refractivity contribution in [3.05, 3.63) is 85.3 Å². The molecule has 0 aliphatic carbocycles. The van der Waals surface area contributed by atoms with E-state index in [1.54, 1.807) is 30.3 Å². The van der Waals surface area contributed by atoms with Gasteiger partial charge in [0.1, 0.15) is 22.6 Å². The largest absolute Gasteiger partial charge is 0.449 e. The van der Waals surface area contributed by atoms with Crippen molar-refractivity contribution in [1.82, 2.24) is 15.0 Å². The SMILES string of the molecule is O=C(Nc1ccc(-c2nc3c(oc4ccc(Br)cc43)c(=O)[nH]2)c(Cl)c1)c1ccc(Cl)cn1. The molecule has 0 bridgehead atoms. The van der Waals surface area contributed by atoms with E-state index in [1.807, 2.05) is 12.1 Å². The molecule has 3 heterocycles. The van der Waals surface area contributed by atoms with E-state index >= 15 is 0 Å². The number of amides is 1. The summed E-state index contributed by atoms with van der Waals surface area (Å²) in [4.78, 5) is 36.3. The zero-order valence-electron chi connectivity index (χ0n) is 15.9. The average Bonchev–Trinajstić information content (AvgIpc) is 3.13. The number of nitrogens with one attached hydrogen (secondary N) is 2. The normalized spacial score (nSPS) is 11.2. The van der Waals surface area contributed by atoms with Gasteiger partial charge in [-0.3, -0.25) is 9.59 Å². The van der Waals surface area contributed by atoms with Gasteiger partial charge in [0, 0.05) is 27.3 Å². The molecule has 0 saturated heterocycles. The third-order valence-electron chi connectivity index (χ3n) is 4.73. The lowest BCUT2D eigenvalue weighted by Gasteiger charge is -2.08. The number of rotatable bonds is 3. The van der Waals surface area contributed by atoms with Crippen LogP contribution in [0.5, 0.6) is 0 Å². The fourth-order valence-corrected chi connectivity index (χ4v) is 3.99. The summed E-state index contributed by atoms with van der Waals surface area (Å²) in [6.07, 6.45) is 1.39. The smallest absolute Gasteiger partial charge is 0.294 e. The lowest BCUT2D eigenvalue weighted by Crippen LogP contribution is -2.13. The molecular formula is C22H11BrCl2N4O3. The number of aromatic amines is 1. The number of pyridine rings is 1. The summed E-state index contributed by atoms with van der Waals surface area (Å²) in [6.45, 7) is 0. The Morgan fingerprint density at radius 3 is 2.69 bits per heavy atom. The molecule has 0 aliphatic rings. The molecule has 5 rings (SSSR count). The second-order valence-electron chi connectivity index (χ2n) is 6.85. The lowest BCUT2D eigenvalue weighted by atomic mass is 10.1. The van der Waals surface area contributed by atoms with E-state index in [4.69, 9.17) is 27.6 Å². The summed E-state index contributed by atoms with van der Waals surface area (Å²) in [5.41, 5.74) is 1.88. The van der Waals surface area contributed by atoms with Crippen molar-refractivity contribution in [3.63, 3.8) is 0 Å². The summed E-state index contributed by atoms with van der Waals surface area (Å²) in [7, 11) is 0. The Morgan fingerprint density at radius 2 is 1.94 bits per heavy atom. The van der Waals surface area contributed by atoms with E-state index in [0.717, 1.165) is 4.47 Å². The van der Waals surface area contributed by atoms with Crippen LogP contribution in [0.3, 0.4) is 0 Å². The number of fused-ring (bicyclic) bond motifs is 3. The van der Waals surface area contributed by atoms with Crippen LogP contribution in [-0.2, 0) is 0 Å². The zero-order valence-corrected chi connectivity index (χ0v) is 19.0. The number of hydrogen-bond donors (Lipinski definition) is 2. The lowest BCUT2D eigenvalue weighted by molar-refractivity contribution is 0.102. The Labute approximate surface area is 198 Å². The number of halogens is 3. The van der Waals surface area contributed by atoms with E-state index in [-0.39, 0.29) is 17.1 Å². The molecule has 10 heteroatoms. The van der Waals surface area contributed by atoms with E-state index in [0.29, 0.717) is 37.8 Å². The van der Waals surface area contributed by atoms with E-state index < -0.39 is 11.5 Å². The van der Waals surface area contributed by atoms with Gasteiger partial charge in [-0.2, -0.15) is 0 Å². The average molecular weight is 530 g/mol. The van der Waals surface area contributed by atoms with Crippen molar-refractivity contribution in [2.45, 2.75) is 0 Å². The number of H-pyrrole nitrogens is 1. The summed E-state index contributed by atoms with van der Waals surface area (Å²) in [5.74, 6) is -0.124. The van der Waals surface area contributed by atoms with Crippen molar-refractivity contribution in [2.75, 3.05) is 5.32 Å². The zero-order chi connectivity index (χ0) is 22.4. The first-order chi connectivity index (χ1) is 15.4. The molecule has 0 saturated carbocycles. The topological polar surface area (TPSA) is 101 Å². The molecule has 0 fully saturated rings. The van der Waals surface area contributed by atoms with Crippen LogP contribution < -0.4 is 10.9 Å². The first kappa shape index (κ1) is 20.7. The minimum absolute atomic E-state index is 0.136. The van der Waals surface area contributed by atoms with Crippen LogP contribution in [0.15, 0.2) is 68.4 Å². The molecular weight excluding hydrogens is 519 g/mol. The minimum atomic E-state index is -0.417. The second-order valence-corrected chi connectivity index (χ2v) is 8.60. The predicted molar refractivity (Wildman–Crippen MR) is 127 cm³/mol. The van der Waals surface area contributed by atoms with Gasteiger partial charge in [0.15, 0.2) is 0 Å². The third kappa shape index (κ3) is 3.77. The molecule has 1 amide bonds. The Balaban J connectivity index is 1.51. The van der Waals surface area contributed by atoms with Gasteiger partial charge in [-0.1, -0.05) is 39.1 Å². The number of nitrogens with zero attached hydrogens (tertiary/aromatic N) is 2. The monoisotopic (exact) mass is 528 g/mol. The van der Waals surface area contributed by atoms with Crippen LogP contribution in [-0.4, -0.2) is 20.9 Å². The molecule has 7 nitrogen and oxygen atoms in total.